The number of amidine groups is 1. The fourth-order valence-corrected chi connectivity index (χ4v) is 4.81. The van der Waals surface area contributed by atoms with Gasteiger partial charge in [0.05, 0.1) is 4.90 Å². The number of benzene rings is 1. The lowest BCUT2D eigenvalue weighted by atomic mass is 9.98. The molecule has 0 radical (unpaired) electrons. The second-order valence-electron chi connectivity index (χ2n) is 7.72. The highest BCUT2D eigenvalue weighted by atomic mass is 35.5. The third-order valence-electron chi connectivity index (χ3n) is 5.03. The van der Waals surface area contributed by atoms with Crippen LogP contribution in [0.4, 0.5) is 0 Å². The molecule has 28 heavy (non-hydrogen) atoms. The fraction of sp³-hybridized carbons (Fsp3) is 0.579. The Hall–Kier alpha value is -1.64. The van der Waals surface area contributed by atoms with Crippen molar-refractivity contribution in [1.29, 1.82) is 0 Å². The minimum Gasteiger partial charge on any atom is -0.350 e. The van der Waals surface area contributed by atoms with E-state index in [2.05, 4.69) is 27.3 Å². The summed E-state index contributed by atoms with van der Waals surface area (Å²) in [5.74, 6) is 0.349. The Morgan fingerprint density at radius 3 is 2.71 bits per heavy atom. The van der Waals surface area contributed by atoms with E-state index in [1.165, 1.54) is 0 Å². The van der Waals surface area contributed by atoms with Crippen LogP contribution in [0.25, 0.3) is 0 Å². The van der Waals surface area contributed by atoms with E-state index in [4.69, 9.17) is 0 Å². The highest BCUT2D eigenvalue weighted by Gasteiger charge is 2.33. The smallest absolute Gasteiger partial charge is 0.263 e. The Bertz CT molecular complexity index is 841. The number of sulfonamides is 1. The maximum atomic E-state index is 12.9. The lowest BCUT2D eigenvalue weighted by Crippen LogP contribution is -2.54. The first-order valence-electron chi connectivity index (χ1n) is 9.51. The Morgan fingerprint density at radius 1 is 1.32 bits per heavy atom. The van der Waals surface area contributed by atoms with Crippen molar-refractivity contribution in [2.75, 3.05) is 6.54 Å². The van der Waals surface area contributed by atoms with Gasteiger partial charge in [-0.15, -0.1) is 12.4 Å². The molecule has 2 aliphatic rings. The second-order valence-corrected chi connectivity index (χ2v) is 9.38. The summed E-state index contributed by atoms with van der Waals surface area (Å²) in [5, 5.41) is 6.48. The first-order valence-corrected chi connectivity index (χ1v) is 11.0. The van der Waals surface area contributed by atoms with Crippen molar-refractivity contribution in [1.82, 2.24) is 15.4 Å². The van der Waals surface area contributed by atoms with Crippen LogP contribution in [0.5, 0.6) is 0 Å². The molecule has 1 amide bonds. The third-order valence-corrected chi connectivity index (χ3v) is 6.43. The monoisotopic (exact) mass is 428 g/mol. The van der Waals surface area contributed by atoms with Gasteiger partial charge in [-0.2, -0.15) is 0 Å². The Balaban J connectivity index is 0.00000280. The maximum absolute atomic E-state index is 12.9. The number of rotatable bonds is 5. The van der Waals surface area contributed by atoms with E-state index in [-0.39, 0.29) is 47.0 Å². The number of amides is 1. The number of piperidine rings is 1. The van der Waals surface area contributed by atoms with E-state index in [9.17, 15) is 13.2 Å². The van der Waals surface area contributed by atoms with Crippen molar-refractivity contribution in [2.24, 2.45) is 10.9 Å². The molecule has 3 N–H and O–H groups in total. The zero-order valence-electron chi connectivity index (χ0n) is 16.4. The molecule has 2 heterocycles. The van der Waals surface area contributed by atoms with Crippen LogP contribution in [0.3, 0.4) is 0 Å². The van der Waals surface area contributed by atoms with E-state index in [1.54, 1.807) is 24.3 Å². The van der Waals surface area contributed by atoms with Crippen LogP contribution in [0.2, 0.25) is 0 Å². The standard InChI is InChI=1S/C19H28N4O3S.ClH/c1-12(2)11-16(19(24)22-15-8-6-10-20-13(15)3)21-18-14-7-4-5-9-17(14)27(25,26)23-18;/h4-5,7,9,12-13,15-16,20H,6,8,10-11H2,1-3H3,(H,21,23)(H,22,24);1H. The molecule has 1 aromatic carbocycles. The molecule has 0 bridgehead atoms. The summed E-state index contributed by atoms with van der Waals surface area (Å²) < 4.78 is 27.1. The summed E-state index contributed by atoms with van der Waals surface area (Å²) in [6.07, 6.45) is 2.50. The van der Waals surface area contributed by atoms with Gasteiger partial charge in [-0.05, 0) is 50.8 Å². The zero-order valence-corrected chi connectivity index (χ0v) is 18.1. The summed E-state index contributed by atoms with van der Waals surface area (Å²) in [5.41, 5.74) is 0.520. The van der Waals surface area contributed by atoms with Gasteiger partial charge < -0.3 is 10.6 Å². The number of aliphatic imine (C=N–C) groups is 1. The van der Waals surface area contributed by atoms with Gasteiger partial charge in [0, 0.05) is 17.6 Å². The lowest BCUT2D eigenvalue weighted by molar-refractivity contribution is -0.123. The molecule has 9 heteroatoms. The molecule has 2 aliphatic heterocycles. The van der Waals surface area contributed by atoms with Crippen molar-refractivity contribution in [3.63, 3.8) is 0 Å². The SMILES string of the molecule is CC(C)CC(N=C1NS(=O)(=O)c2ccccc21)C(=O)NC1CCCNC1C.Cl. The number of fused-ring (bicyclic) bond motifs is 1. The molecule has 0 saturated carbocycles. The average molecular weight is 429 g/mol. The average Bonchev–Trinajstić information content (AvgIpc) is 2.87. The van der Waals surface area contributed by atoms with Crippen molar-refractivity contribution < 1.29 is 13.2 Å². The van der Waals surface area contributed by atoms with E-state index < -0.39 is 16.1 Å². The minimum absolute atomic E-state index is 0. The van der Waals surface area contributed by atoms with Crippen LogP contribution in [0, 0.1) is 5.92 Å². The Morgan fingerprint density at radius 2 is 2.04 bits per heavy atom. The summed E-state index contributed by atoms with van der Waals surface area (Å²) >= 11 is 0. The number of hydrogen-bond donors (Lipinski definition) is 3. The molecule has 7 nitrogen and oxygen atoms in total. The summed E-state index contributed by atoms with van der Waals surface area (Å²) in [4.78, 5) is 17.7. The first-order chi connectivity index (χ1) is 12.8. The van der Waals surface area contributed by atoms with Crippen LogP contribution in [0.15, 0.2) is 34.2 Å². The Kier molecular flexibility index (Phi) is 7.47. The van der Waals surface area contributed by atoms with E-state index in [1.807, 2.05) is 13.8 Å². The molecule has 3 rings (SSSR count). The highest BCUT2D eigenvalue weighted by Crippen LogP contribution is 2.23. The van der Waals surface area contributed by atoms with Crippen LogP contribution < -0.4 is 15.4 Å². The summed E-state index contributed by atoms with van der Waals surface area (Å²) in [6.45, 7) is 7.08. The van der Waals surface area contributed by atoms with E-state index in [0.29, 0.717) is 12.0 Å². The van der Waals surface area contributed by atoms with Crippen molar-refractivity contribution in [3.05, 3.63) is 29.8 Å². The zero-order chi connectivity index (χ0) is 19.6. The molecule has 1 aromatic rings. The molecule has 1 fully saturated rings. The lowest BCUT2D eigenvalue weighted by Gasteiger charge is -2.31. The normalized spacial score (nSPS) is 25.5. The number of nitrogens with one attached hydrogen (secondary N) is 3. The molecule has 0 aliphatic carbocycles. The second kappa shape index (κ2) is 9.24. The number of hydrogen-bond acceptors (Lipinski definition) is 5. The molecule has 156 valence electrons. The third kappa shape index (κ3) is 5.04. The quantitative estimate of drug-likeness (QED) is 0.666. The molecular weight excluding hydrogens is 400 g/mol. The van der Waals surface area contributed by atoms with Gasteiger partial charge in [-0.25, -0.2) is 8.42 Å². The first kappa shape index (κ1) is 22.6. The van der Waals surface area contributed by atoms with Crippen molar-refractivity contribution in [2.45, 2.75) is 63.1 Å². The number of nitrogens with zero attached hydrogens (tertiary/aromatic N) is 1. The Labute approximate surface area is 173 Å². The van der Waals surface area contributed by atoms with E-state index >= 15 is 0 Å². The largest absolute Gasteiger partial charge is 0.350 e. The predicted octanol–water partition coefficient (Wildman–Crippen LogP) is 1.82. The van der Waals surface area contributed by atoms with Crippen LogP contribution in [-0.2, 0) is 14.8 Å². The number of carbonyl (C=O) groups is 1. The van der Waals surface area contributed by atoms with Gasteiger partial charge in [-0.3, -0.25) is 14.5 Å². The maximum Gasteiger partial charge on any atom is 0.263 e. The fourth-order valence-electron chi connectivity index (χ4n) is 3.57. The molecular formula is C19H29ClN4O3S. The highest BCUT2D eigenvalue weighted by molar-refractivity contribution is 7.90. The van der Waals surface area contributed by atoms with Gasteiger partial charge in [0.15, 0.2) is 0 Å². The van der Waals surface area contributed by atoms with Crippen LogP contribution in [0.1, 0.15) is 45.6 Å². The van der Waals surface area contributed by atoms with Gasteiger partial charge >= 0.3 is 0 Å². The molecule has 0 spiro atoms. The van der Waals surface area contributed by atoms with Gasteiger partial charge in [0.25, 0.3) is 10.0 Å². The minimum atomic E-state index is -3.61. The van der Waals surface area contributed by atoms with Crippen molar-refractivity contribution in [3.8, 4) is 0 Å². The van der Waals surface area contributed by atoms with Gasteiger partial charge in [0.2, 0.25) is 5.91 Å². The van der Waals surface area contributed by atoms with E-state index in [0.717, 1.165) is 19.4 Å². The number of halogens is 1. The summed E-state index contributed by atoms with van der Waals surface area (Å²) in [6, 6.07) is 6.34. The van der Waals surface area contributed by atoms with Gasteiger partial charge in [0.1, 0.15) is 11.9 Å². The molecule has 0 aromatic heterocycles. The van der Waals surface area contributed by atoms with Gasteiger partial charge in [-0.1, -0.05) is 26.0 Å². The molecule has 1 saturated heterocycles. The topological polar surface area (TPSA) is 99.7 Å². The summed E-state index contributed by atoms with van der Waals surface area (Å²) in [7, 11) is -3.61. The van der Waals surface area contributed by atoms with Crippen molar-refractivity contribution >= 4 is 34.2 Å². The predicted molar refractivity (Wildman–Crippen MR) is 112 cm³/mol. The van der Waals surface area contributed by atoms with Crippen LogP contribution in [-0.4, -0.2) is 44.8 Å². The molecule has 3 atom stereocenters. The van der Waals surface area contributed by atoms with Crippen LogP contribution >= 0.6 is 12.4 Å². The molecule has 3 unspecified atom stereocenters. The number of carbonyl (C=O) groups excluding carboxylic acids is 1.